The molecule has 1 aromatic rings. The van der Waals surface area contributed by atoms with Gasteiger partial charge < -0.3 is 11.1 Å². The van der Waals surface area contributed by atoms with Crippen molar-refractivity contribution in [2.75, 3.05) is 11.1 Å². The SMILES string of the molecule is Nc1ccc(Cl)c2c1C(=O)N2. The van der Waals surface area contributed by atoms with E-state index in [1.807, 2.05) is 0 Å². The molecule has 0 bridgehead atoms. The van der Waals surface area contributed by atoms with Gasteiger partial charge in [-0.05, 0) is 12.1 Å². The third-order valence-electron chi connectivity index (χ3n) is 1.65. The summed E-state index contributed by atoms with van der Waals surface area (Å²) in [6, 6.07) is 3.29. The molecule has 3 N–H and O–H groups in total. The number of carbonyl (C=O) groups is 1. The van der Waals surface area contributed by atoms with Gasteiger partial charge in [0.15, 0.2) is 0 Å². The summed E-state index contributed by atoms with van der Waals surface area (Å²) in [5.74, 6) is -0.153. The van der Waals surface area contributed by atoms with Gasteiger partial charge in [-0.1, -0.05) is 11.6 Å². The van der Waals surface area contributed by atoms with Crippen LogP contribution in [-0.4, -0.2) is 5.91 Å². The maximum atomic E-state index is 10.8. The minimum atomic E-state index is -0.153. The predicted octanol–water partition coefficient (Wildman–Crippen LogP) is 1.49. The van der Waals surface area contributed by atoms with Gasteiger partial charge in [0.05, 0.1) is 16.3 Å². The van der Waals surface area contributed by atoms with Crippen molar-refractivity contribution < 1.29 is 4.79 Å². The highest BCUT2D eigenvalue weighted by Gasteiger charge is 2.27. The van der Waals surface area contributed by atoms with E-state index in [2.05, 4.69) is 5.32 Å². The van der Waals surface area contributed by atoms with Gasteiger partial charge in [-0.25, -0.2) is 0 Å². The van der Waals surface area contributed by atoms with Crippen LogP contribution in [0.3, 0.4) is 0 Å². The quantitative estimate of drug-likeness (QED) is 0.577. The predicted molar refractivity (Wildman–Crippen MR) is 43.8 cm³/mol. The van der Waals surface area contributed by atoms with Crippen LogP contribution in [0.4, 0.5) is 11.4 Å². The summed E-state index contributed by atoms with van der Waals surface area (Å²) in [4.78, 5) is 10.8. The highest BCUT2D eigenvalue weighted by molar-refractivity contribution is 6.38. The zero-order valence-corrected chi connectivity index (χ0v) is 6.27. The standard InChI is InChI=1S/C7H5ClN2O/c8-3-1-2-4(9)5-6(3)10-7(5)11/h1-2H,9H2,(H,10,11). The van der Waals surface area contributed by atoms with Crippen molar-refractivity contribution in [1.29, 1.82) is 0 Å². The van der Waals surface area contributed by atoms with Gasteiger partial charge in [-0.15, -0.1) is 0 Å². The number of nitrogen functional groups attached to an aromatic ring is 1. The molecule has 0 spiro atoms. The molecule has 1 aromatic carbocycles. The fourth-order valence-corrected chi connectivity index (χ4v) is 1.28. The fourth-order valence-electron chi connectivity index (χ4n) is 1.07. The zero-order chi connectivity index (χ0) is 8.01. The first kappa shape index (κ1) is 6.49. The van der Waals surface area contributed by atoms with Crippen molar-refractivity contribution in [2.24, 2.45) is 0 Å². The smallest absolute Gasteiger partial charge is 0.259 e. The summed E-state index contributed by atoms with van der Waals surface area (Å²) >= 11 is 5.73. The van der Waals surface area contributed by atoms with Crippen LogP contribution in [0.1, 0.15) is 10.4 Å². The van der Waals surface area contributed by atoms with Gasteiger partial charge in [-0.3, -0.25) is 4.79 Å². The topological polar surface area (TPSA) is 55.1 Å². The normalized spacial score (nSPS) is 13.4. The monoisotopic (exact) mass is 168 g/mol. The summed E-state index contributed by atoms with van der Waals surface area (Å²) in [5.41, 5.74) is 7.15. The molecule has 4 heteroatoms. The van der Waals surface area contributed by atoms with Crippen molar-refractivity contribution in [3.8, 4) is 0 Å². The number of nitrogens with one attached hydrogen (secondary N) is 1. The number of anilines is 2. The van der Waals surface area contributed by atoms with E-state index in [1.165, 1.54) is 0 Å². The van der Waals surface area contributed by atoms with Crippen molar-refractivity contribution in [3.63, 3.8) is 0 Å². The van der Waals surface area contributed by atoms with E-state index in [-0.39, 0.29) is 5.91 Å². The average Bonchev–Trinajstić information content (AvgIpc) is 1.93. The molecular weight excluding hydrogens is 164 g/mol. The molecule has 0 aliphatic carbocycles. The lowest BCUT2D eigenvalue weighted by Crippen LogP contribution is -2.26. The van der Waals surface area contributed by atoms with Crippen molar-refractivity contribution in [1.82, 2.24) is 0 Å². The van der Waals surface area contributed by atoms with Gasteiger partial charge in [0.1, 0.15) is 0 Å². The Hall–Kier alpha value is -1.22. The van der Waals surface area contributed by atoms with Gasteiger partial charge in [0.25, 0.3) is 5.91 Å². The first-order valence-electron chi connectivity index (χ1n) is 3.09. The number of fused-ring (bicyclic) bond motifs is 1. The summed E-state index contributed by atoms with van der Waals surface area (Å²) in [7, 11) is 0. The van der Waals surface area contributed by atoms with Gasteiger partial charge in [0, 0.05) is 5.69 Å². The van der Waals surface area contributed by atoms with Crippen LogP contribution in [-0.2, 0) is 0 Å². The Morgan fingerprint density at radius 2 is 2.18 bits per heavy atom. The Kier molecular flexibility index (Phi) is 1.11. The van der Waals surface area contributed by atoms with E-state index >= 15 is 0 Å². The summed E-state index contributed by atoms with van der Waals surface area (Å²) < 4.78 is 0. The Bertz CT molecular complexity index is 349. The Labute approximate surface area is 68.1 Å². The van der Waals surface area contributed by atoms with Crippen molar-refractivity contribution in [3.05, 3.63) is 22.7 Å². The second kappa shape index (κ2) is 1.89. The molecule has 56 valence electrons. The molecular formula is C7H5ClN2O. The van der Waals surface area contributed by atoms with E-state index in [4.69, 9.17) is 17.3 Å². The van der Waals surface area contributed by atoms with Crippen LogP contribution in [0, 0.1) is 0 Å². The van der Waals surface area contributed by atoms with E-state index in [0.717, 1.165) is 0 Å². The molecule has 0 radical (unpaired) electrons. The Balaban J connectivity index is 2.71. The lowest BCUT2D eigenvalue weighted by molar-refractivity contribution is 0.101. The Morgan fingerprint density at radius 1 is 1.45 bits per heavy atom. The molecule has 1 aliphatic heterocycles. The molecule has 0 atom stereocenters. The Morgan fingerprint density at radius 3 is 2.73 bits per heavy atom. The maximum absolute atomic E-state index is 10.8. The van der Waals surface area contributed by atoms with Crippen LogP contribution in [0.15, 0.2) is 12.1 Å². The molecule has 1 heterocycles. The molecule has 1 aliphatic rings. The van der Waals surface area contributed by atoms with E-state index in [9.17, 15) is 4.79 Å². The third kappa shape index (κ3) is 0.714. The van der Waals surface area contributed by atoms with Crippen LogP contribution in [0.2, 0.25) is 5.02 Å². The van der Waals surface area contributed by atoms with Crippen molar-refractivity contribution in [2.45, 2.75) is 0 Å². The molecule has 0 aromatic heterocycles. The first-order chi connectivity index (χ1) is 5.20. The first-order valence-corrected chi connectivity index (χ1v) is 3.47. The van der Waals surface area contributed by atoms with E-state index < -0.39 is 0 Å². The third-order valence-corrected chi connectivity index (χ3v) is 1.97. The fraction of sp³-hybridized carbons (Fsp3) is 0. The number of halogens is 1. The minimum absolute atomic E-state index is 0.153. The number of carbonyl (C=O) groups excluding carboxylic acids is 1. The summed E-state index contributed by atoms with van der Waals surface area (Å²) in [6.45, 7) is 0. The zero-order valence-electron chi connectivity index (χ0n) is 5.52. The summed E-state index contributed by atoms with van der Waals surface area (Å²) in [6.07, 6.45) is 0. The van der Waals surface area contributed by atoms with E-state index in [0.29, 0.717) is 22.0 Å². The number of amides is 1. The molecule has 0 fully saturated rings. The average molecular weight is 169 g/mol. The molecule has 0 unspecified atom stereocenters. The molecule has 11 heavy (non-hydrogen) atoms. The lowest BCUT2D eigenvalue weighted by Gasteiger charge is -2.21. The second-order valence-electron chi connectivity index (χ2n) is 2.34. The van der Waals surface area contributed by atoms with Gasteiger partial charge in [-0.2, -0.15) is 0 Å². The molecule has 0 saturated carbocycles. The molecule has 1 amide bonds. The molecule has 3 nitrogen and oxygen atoms in total. The molecule has 0 saturated heterocycles. The number of hydrogen-bond donors (Lipinski definition) is 2. The van der Waals surface area contributed by atoms with Crippen molar-refractivity contribution >= 4 is 28.9 Å². The molecule has 2 rings (SSSR count). The van der Waals surface area contributed by atoms with Crippen LogP contribution in [0.5, 0.6) is 0 Å². The lowest BCUT2D eigenvalue weighted by atomic mass is 10.0. The van der Waals surface area contributed by atoms with Crippen LogP contribution < -0.4 is 11.1 Å². The largest absolute Gasteiger partial charge is 0.398 e. The number of hydrogen-bond acceptors (Lipinski definition) is 2. The van der Waals surface area contributed by atoms with Crippen LogP contribution >= 0.6 is 11.6 Å². The van der Waals surface area contributed by atoms with E-state index in [1.54, 1.807) is 12.1 Å². The van der Waals surface area contributed by atoms with Crippen LogP contribution in [0.25, 0.3) is 0 Å². The van der Waals surface area contributed by atoms with Gasteiger partial charge >= 0.3 is 0 Å². The highest BCUT2D eigenvalue weighted by atomic mass is 35.5. The summed E-state index contributed by atoms with van der Waals surface area (Å²) in [5, 5.41) is 3.08. The number of nitrogens with two attached hydrogens (primary N) is 1. The number of benzene rings is 1. The highest BCUT2D eigenvalue weighted by Crippen LogP contribution is 2.36. The van der Waals surface area contributed by atoms with Gasteiger partial charge in [0.2, 0.25) is 0 Å². The number of rotatable bonds is 0. The second-order valence-corrected chi connectivity index (χ2v) is 2.75. The minimum Gasteiger partial charge on any atom is -0.398 e. The maximum Gasteiger partial charge on any atom is 0.259 e.